The van der Waals surface area contributed by atoms with Gasteiger partial charge in [0.1, 0.15) is 0 Å². The Kier molecular flexibility index (Phi) is 3.52. The molecule has 3 heteroatoms. The second-order valence-corrected chi connectivity index (χ2v) is 4.23. The molecule has 2 N–H and O–H groups in total. The van der Waals surface area contributed by atoms with Crippen LogP contribution >= 0.6 is 11.1 Å². The number of halogens is 1. The van der Waals surface area contributed by atoms with E-state index < -0.39 is 8.27 Å². The van der Waals surface area contributed by atoms with Crippen molar-refractivity contribution in [2.24, 2.45) is 5.40 Å². The summed E-state index contributed by atoms with van der Waals surface area (Å²) < 4.78 is 0. The van der Waals surface area contributed by atoms with Crippen LogP contribution in [0.4, 0.5) is 0 Å². The van der Waals surface area contributed by atoms with Crippen LogP contribution in [-0.2, 0) is 0 Å². The van der Waals surface area contributed by atoms with Crippen molar-refractivity contribution in [2.75, 3.05) is 0 Å². The van der Waals surface area contributed by atoms with Crippen LogP contribution < -0.4 is 5.40 Å². The van der Waals surface area contributed by atoms with Gasteiger partial charge < -0.3 is 5.40 Å². The van der Waals surface area contributed by atoms with Crippen molar-refractivity contribution in [3.05, 3.63) is 12.7 Å². The van der Waals surface area contributed by atoms with Crippen LogP contribution in [0.2, 0.25) is 6.04 Å². The summed E-state index contributed by atoms with van der Waals surface area (Å²) in [6.07, 6.45) is 1.75. The molecule has 0 aliphatic rings. The summed E-state index contributed by atoms with van der Waals surface area (Å²) in [4.78, 5) is 0. The zero-order valence-electron chi connectivity index (χ0n) is 3.52. The lowest BCUT2D eigenvalue weighted by atomic mass is 10.8. The first-order chi connectivity index (χ1) is 2.77. The molecule has 6 heavy (non-hydrogen) atoms. The molecule has 0 bridgehead atoms. The lowest BCUT2D eigenvalue weighted by molar-refractivity contribution is 1.64. The first kappa shape index (κ1) is 6.21. The minimum absolute atomic E-state index is 0.821. The highest BCUT2D eigenvalue weighted by atomic mass is 35.6. The molecule has 0 amide bonds. The molecular weight excluding hydrogens is 114 g/mol. The maximum atomic E-state index is 5.42. The number of rotatable bonds is 2. The lowest BCUT2D eigenvalue weighted by Crippen LogP contribution is -2.15. The van der Waals surface area contributed by atoms with E-state index in [4.69, 9.17) is 16.5 Å². The normalized spacial score (nSPS) is 13.7. The van der Waals surface area contributed by atoms with Gasteiger partial charge in [-0.3, -0.25) is 0 Å². The zero-order chi connectivity index (χ0) is 4.99. The predicted octanol–water partition coefficient (Wildman–Crippen LogP) is 0.590. The summed E-state index contributed by atoms with van der Waals surface area (Å²) in [6.45, 7) is 3.47. The third-order valence-electron chi connectivity index (χ3n) is 0.392. The van der Waals surface area contributed by atoms with Gasteiger partial charge in [-0.15, -0.1) is 6.58 Å². The zero-order valence-corrected chi connectivity index (χ0v) is 5.43. The van der Waals surface area contributed by atoms with E-state index >= 15 is 0 Å². The number of allylic oxidation sites excluding steroid dienone is 1. The van der Waals surface area contributed by atoms with E-state index in [0.29, 0.717) is 0 Å². The third kappa shape index (κ3) is 4.21. The monoisotopic (exact) mass is 121 g/mol. The molecule has 1 nitrogen and oxygen atoms in total. The Morgan fingerprint density at radius 2 is 2.50 bits per heavy atom. The molecule has 0 saturated carbocycles. The molecule has 0 aliphatic heterocycles. The van der Waals surface area contributed by atoms with Gasteiger partial charge in [-0.05, 0) is 6.04 Å². The molecule has 0 aromatic heterocycles. The van der Waals surface area contributed by atoms with Crippen LogP contribution in [-0.4, -0.2) is 8.27 Å². The van der Waals surface area contributed by atoms with Gasteiger partial charge in [0, 0.05) is 0 Å². The predicted molar refractivity (Wildman–Crippen MR) is 32.2 cm³/mol. The first-order valence-electron chi connectivity index (χ1n) is 1.78. The van der Waals surface area contributed by atoms with E-state index in [0.717, 1.165) is 6.04 Å². The fourth-order valence-corrected chi connectivity index (χ4v) is 0.856. The van der Waals surface area contributed by atoms with Crippen molar-refractivity contribution in [3.63, 3.8) is 0 Å². The average Bonchev–Trinajstić information content (AvgIpc) is 1.35. The quantitative estimate of drug-likeness (QED) is 0.323. The van der Waals surface area contributed by atoms with Crippen LogP contribution in [0.1, 0.15) is 0 Å². The minimum atomic E-state index is -1.32. The summed E-state index contributed by atoms with van der Waals surface area (Å²) in [5, 5.41) is 5.24. The Bertz CT molecular complexity index is 46.1. The maximum Gasteiger partial charge on any atom is 0.212 e. The Morgan fingerprint density at radius 1 is 2.00 bits per heavy atom. The summed E-state index contributed by atoms with van der Waals surface area (Å²) in [5.41, 5.74) is 0. The van der Waals surface area contributed by atoms with E-state index in [9.17, 15) is 0 Å². The molecule has 0 saturated heterocycles. The fraction of sp³-hybridized carbons (Fsp3) is 0.333. The van der Waals surface area contributed by atoms with Crippen molar-refractivity contribution in [1.29, 1.82) is 0 Å². The second-order valence-electron chi connectivity index (χ2n) is 1.04. The highest BCUT2D eigenvalue weighted by Crippen LogP contribution is 1.87. The molecule has 0 aliphatic carbocycles. The fourth-order valence-electron chi connectivity index (χ4n) is 0.159. The van der Waals surface area contributed by atoms with Crippen LogP contribution in [0.5, 0.6) is 0 Å². The Labute approximate surface area is 44.2 Å². The van der Waals surface area contributed by atoms with Gasteiger partial charge in [-0.1, -0.05) is 6.08 Å². The van der Waals surface area contributed by atoms with Gasteiger partial charge in [0.25, 0.3) is 0 Å². The van der Waals surface area contributed by atoms with Gasteiger partial charge in [0.15, 0.2) is 0 Å². The van der Waals surface area contributed by atoms with E-state index in [-0.39, 0.29) is 0 Å². The summed E-state index contributed by atoms with van der Waals surface area (Å²) in [6, 6.07) is 0.821. The second kappa shape index (κ2) is 3.40. The molecule has 0 rings (SSSR count). The van der Waals surface area contributed by atoms with Crippen molar-refractivity contribution in [2.45, 2.75) is 6.04 Å². The largest absolute Gasteiger partial charge is 0.341 e. The van der Waals surface area contributed by atoms with Gasteiger partial charge >= 0.3 is 0 Å². The SMILES string of the molecule is C=CC[SiH](N)Cl. The smallest absolute Gasteiger partial charge is 0.212 e. The lowest BCUT2D eigenvalue weighted by Gasteiger charge is -1.87. The summed E-state index contributed by atoms with van der Waals surface area (Å²) >= 11 is 5.42. The number of hydrogen-bond acceptors (Lipinski definition) is 1. The van der Waals surface area contributed by atoms with Gasteiger partial charge in [0.2, 0.25) is 8.27 Å². The molecule has 0 spiro atoms. The van der Waals surface area contributed by atoms with Crippen LogP contribution in [0, 0.1) is 0 Å². The van der Waals surface area contributed by atoms with E-state index in [1.807, 2.05) is 0 Å². The molecule has 36 valence electrons. The van der Waals surface area contributed by atoms with Gasteiger partial charge in [-0.25, -0.2) is 0 Å². The van der Waals surface area contributed by atoms with Crippen LogP contribution in [0.15, 0.2) is 12.7 Å². The van der Waals surface area contributed by atoms with Gasteiger partial charge in [-0.2, -0.15) is 11.1 Å². The number of hydrogen-bond donors (Lipinski definition) is 1. The van der Waals surface area contributed by atoms with Crippen molar-refractivity contribution >= 4 is 19.3 Å². The minimum Gasteiger partial charge on any atom is -0.341 e. The van der Waals surface area contributed by atoms with E-state index in [2.05, 4.69) is 6.58 Å². The van der Waals surface area contributed by atoms with Crippen molar-refractivity contribution in [3.8, 4) is 0 Å². The maximum absolute atomic E-state index is 5.42. The molecule has 1 unspecified atom stereocenters. The molecule has 0 radical (unpaired) electrons. The van der Waals surface area contributed by atoms with Crippen LogP contribution in [0.3, 0.4) is 0 Å². The molecular formula is C3H8ClNSi. The first-order valence-corrected chi connectivity index (χ1v) is 5.01. The molecule has 0 heterocycles. The van der Waals surface area contributed by atoms with Gasteiger partial charge in [0.05, 0.1) is 0 Å². The van der Waals surface area contributed by atoms with E-state index in [1.165, 1.54) is 0 Å². The average molecular weight is 122 g/mol. The highest BCUT2D eigenvalue weighted by molar-refractivity contribution is 7.05. The molecule has 0 aromatic carbocycles. The summed E-state index contributed by atoms with van der Waals surface area (Å²) in [7, 11) is -1.32. The molecule has 1 atom stereocenters. The van der Waals surface area contributed by atoms with Crippen molar-refractivity contribution in [1.82, 2.24) is 0 Å². The Hall–Kier alpha value is 0.207. The highest BCUT2D eigenvalue weighted by Gasteiger charge is 1.90. The van der Waals surface area contributed by atoms with Crippen LogP contribution in [0.25, 0.3) is 0 Å². The topological polar surface area (TPSA) is 26.0 Å². The standard InChI is InChI=1S/C3H8ClNSi/c1-2-3-6(4)5/h2,6H,1,3,5H2. The molecule has 0 fully saturated rings. The number of nitrogens with two attached hydrogens (primary N) is 1. The Morgan fingerprint density at radius 3 is 2.50 bits per heavy atom. The van der Waals surface area contributed by atoms with E-state index in [1.54, 1.807) is 6.08 Å². The Balaban J connectivity index is 2.81. The molecule has 0 aromatic rings. The summed E-state index contributed by atoms with van der Waals surface area (Å²) in [5.74, 6) is 0. The van der Waals surface area contributed by atoms with Crippen molar-refractivity contribution < 1.29 is 0 Å². The third-order valence-corrected chi connectivity index (χ3v) is 1.71.